The third-order valence-corrected chi connectivity index (χ3v) is 2.38. The Bertz CT molecular complexity index is 469. The Morgan fingerprint density at radius 2 is 2.31 bits per heavy atom. The van der Waals surface area contributed by atoms with Crippen LogP contribution in [0.1, 0.15) is 19.5 Å². The number of nitrogens with one attached hydrogen (secondary N) is 1. The van der Waals surface area contributed by atoms with Gasteiger partial charge in [0, 0.05) is 18.3 Å². The molecule has 4 heteroatoms. The fourth-order valence-electron chi connectivity index (χ4n) is 1.45. The summed E-state index contributed by atoms with van der Waals surface area (Å²) in [5.41, 5.74) is 1.77. The molecule has 4 nitrogen and oxygen atoms in total. The molecule has 2 rings (SSSR count). The maximum Gasteiger partial charge on any atom is 0.222 e. The lowest BCUT2D eigenvalue weighted by atomic mass is 10.2. The average molecular weight is 217 g/mol. The van der Waals surface area contributed by atoms with Crippen molar-refractivity contribution >= 4 is 11.6 Å². The van der Waals surface area contributed by atoms with E-state index < -0.39 is 0 Å². The van der Waals surface area contributed by atoms with E-state index in [4.69, 9.17) is 0 Å². The monoisotopic (exact) mass is 217 g/mol. The second-order valence-electron chi connectivity index (χ2n) is 4.07. The van der Waals surface area contributed by atoms with Crippen LogP contribution < -0.4 is 5.32 Å². The topological polar surface area (TPSA) is 46.4 Å². The molecule has 1 amide bonds. The molecule has 16 heavy (non-hydrogen) atoms. The number of amides is 1. The van der Waals surface area contributed by atoms with Crippen LogP contribution in [0, 0.1) is 5.92 Å². The van der Waals surface area contributed by atoms with Gasteiger partial charge >= 0.3 is 0 Å². The number of fused-ring (bicyclic) bond motifs is 1. The molecule has 0 saturated heterocycles. The van der Waals surface area contributed by atoms with Crippen molar-refractivity contribution in [1.82, 2.24) is 14.7 Å². The van der Waals surface area contributed by atoms with Crippen molar-refractivity contribution in [2.24, 2.45) is 5.92 Å². The number of hydrogen-bond donors (Lipinski definition) is 1. The Labute approximate surface area is 94.3 Å². The van der Waals surface area contributed by atoms with Gasteiger partial charge in [0.2, 0.25) is 5.91 Å². The number of aromatic nitrogens is 2. The molecule has 2 aromatic rings. The molecule has 0 unspecified atom stereocenters. The minimum Gasteiger partial charge on any atom is -0.350 e. The number of carbonyl (C=O) groups excluding carboxylic acids is 1. The van der Waals surface area contributed by atoms with Gasteiger partial charge in [0.15, 0.2) is 0 Å². The fraction of sp³-hybridized carbons (Fsp3) is 0.333. The number of carbonyl (C=O) groups is 1. The number of imidazole rings is 1. The van der Waals surface area contributed by atoms with Crippen molar-refractivity contribution in [3.8, 4) is 0 Å². The molecule has 0 radical (unpaired) electrons. The largest absolute Gasteiger partial charge is 0.350 e. The molecule has 0 fully saturated rings. The Hall–Kier alpha value is -1.84. The molecule has 0 atom stereocenters. The summed E-state index contributed by atoms with van der Waals surface area (Å²) in [6.07, 6.45) is 3.87. The normalized spacial score (nSPS) is 10.9. The van der Waals surface area contributed by atoms with Gasteiger partial charge in [-0.3, -0.25) is 4.79 Å². The highest BCUT2D eigenvalue weighted by molar-refractivity contribution is 5.77. The molecular formula is C12H15N3O. The molecule has 0 aliphatic carbocycles. The van der Waals surface area contributed by atoms with E-state index in [2.05, 4.69) is 10.3 Å². The first-order chi connectivity index (χ1) is 7.66. The van der Waals surface area contributed by atoms with Gasteiger partial charge in [-0.2, -0.15) is 0 Å². The van der Waals surface area contributed by atoms with Crippen molar-refractivity contribution in [3.05, 3.63) is 36.3 Å². The zero-order chi connectivity index (χ0) is 11.5. The van der Waals surface area contributed by atoms with Gasteiger partial charge in [-0.1, -0.05) is 19.9 Å². The summed E-state index contributed by atoms with van der Waals surface area (Å²) in [6.45, 7) is 4.23. The van der Waals surface area contributed by atoms with Crippen LogP contribution in [-0.2, 0) is 11.3 Å². The van der Waals surface area contributed by atoms with Gasteiger partial charge in [0.05, 0.1) is 12.2 Å². The molecule has 0 saturated carbocycles. The molecular weight excluding hydrogens is 202 g/mol. The lowest BCUT2D eigenvalue weighted by Crippen LogP contribution is -2.27. The molecule has 0 bridgehead atoms. The summed E-state index contributed by atoms with van der Waals surface area (Å²) in [5, 5.41) is 2.84. The summed E-state index contributed by atoms with van der Waals surface area (Å²) in [4.78, 5) is 15.8. The van der Waals surface area contributed by atoms with Gasteiger partial charge in [-0.25, -0.2) is 4.98 Å². The quantitative estimate of drug-likeness (QED) is 0.849. The number of nitrogens with zero attached hydrogens (tertiary/aromatic N) is 2. The van der Waals surface area contributed by atoms with E-state index in [-0.39, 0.29) is 11.8 Å². The minimum absolute atomic E-state index is 0.0111. The fourth-order valence-corrected chi connectivity index (χ4v) is 1.45. The van der Waals surface area contributed by atoms with Crippen molar-refractivity contribution in [3.63, 3.8) is 0 Å². The summed E-state index contributed by atoms with van der Waals surface area (Å²) >= 11 is 0. The lowest BCUT2D eigenvalue weighted by molar-refractivity contribution is -0.124. The predicted octanol–water partition coefficient (Wildman–Crippen LogP) is 1.61. The second-order valence-corrected chi connectivity index (χ2v) is 4.07. The van der Waals surface area contributed by atoms with E-state index in [1.54, 1.807) is 0 Å². The summed E-state index contributed by atoms with van der Waals surface area (Å²) in [5.74, 6) is 0.0640. The summed E-state index contributed by atoms with van der Waals surface area (Å²) < 4.78 is 1.94. The van der Waals surface area contributed by atoms with Crippen molar-refractivity contribution < 1.29 is 4.79 Å². The standard InChI is InChI=1S/C12H15N3O/c1-9(2)12(16)13-7-10-8-15-6-4-3-5-11(15)14-10/h3-6,8-9H,7H2,1-2H3,(H,13,16). The van der Waals surface area contributed by atoms with Gasteiger partial charge in [0.25, 0.3) is 0 Å². The minimum atomic E-state index is 0.0111. The van der Waals surface area contributed by atoms with Crippen molar-refractivity contribution in [1.29, 1.82) is 0 Å². The first kappa shape index (κ1) is 10.7. The van der Waals surface area contributed by atoms with E-state index in [1.807, 2.05) is 48.8 Å². The van der Waals surface area contributed by atoms with Gasteiger partial charge in [0.1, 0.15) is 5.65 Å². The Balaban J connectivity index is 2.07. The van der Waals surface area contributed by atoms with E-state index in [9.17, 15) is 4.79 Å². The van der Waals surface area contributed by atoms with Gasteiger partial charge < -0.3 is 9.72 Å². The predicted molar refractivity (Wildman–Crippen MR) is 61.9 cm³/mol. The first-order valence-corrected chi connectivity index (χ1v) is 5.37. The Morgan fingerprint density at radius 3 is 3.00 bits per heavy atom. The molecule has 0 spiro atoms. The highest BCUT2D eigenvalue weighted by atomic mass is 16.1. The third kappa shape index (κ3) is 2.21. The van der Waals surface area contributed by atoms with Gasteiger partial charge in [-0.15, -0.1) is 0 Å². The van der Waals surface area contributed by atoms with E-state index in [0.29, 0.717) is 6.54 Å². The first-order valence-electron chi connectivity index (χ1n) is 5.37. The third-order valence-electron chi connectivity index (χ3n) is 2.38. The van der Waals surface area contributed by atoms with E-state index in [0.717, 1.165) is 11.3 Å². The lowest BCUT2D eigenvalue weighted by Gasteiger charge is -2.04. The molecule has 0 aromatic carbocycles. The zero-order valence-electron chi connectivity index (χ0n) is 9.47. The SMILES string of the molecule is CC(C)C(=O)NCc1cn2ccccc2n1. The molecule has 2 aromatic heterocycles. The van der Waals surface area contributed by atoms with E-state index in [1.165, 1.54) is 0 Å². The maximum atomic E-state index is 11.4. The molecule has 84 valence electrons. The van der Waals surface area contributed by atoms with Crippen LogP contribution in [-0.4, -0.2) is 15.3 Å². The van der Waals surface area contributed by atoms with Crippen LogP contribution in [0.2, 0.25) is 0 Å². The van der Waals surface area contributed by atoms with Crippen molar-refractivity contribution in [2.45, 2.75) is 20.4 Å². The van der Waals surface area contributed by atoms with Crippen LogP contribution in [0.4, 0.5) is 0 Å². The number of rotatable bonds is 3. The van der Waals surface area contributed by atoms with Crippen LogP contribution in [0.25, 0.3) is 5.65 Å². The van der Waals surface area contributed by atoms with Gasteiger partial charge in [-0.05, 0) is 12.1 Å². The maximum absolute atomic E-state index is 11.4. The van der Waals surface area contributed by atoms with Crippen LogP contribution >= 0.6 is 0 Å². The molecule has 0 aliphatic rings. The zero-order valence-corrected chi connectivity index (χ0v) is 9.47. The molecule has 0 aliphatic heterocycles. The molecule has 1 N–H and O–H groups in total. The number of pyridine rings is 1. The summed E-state index contributed by atoms with van der Waals surface area (Å²) in [6, 6.07) is 5.83. The summed E-state index contributed by atoms with van der Waals surface area (Å²) in [7, 11) is 0. The highest BCUT2D eigenvalue weighted by Gasteiger charge is 2.07. The van der Waals surface area contributed by atoms with Crippen LogP contribution in [0.15, 0.2) is 30.6 Å². The Kier molecular flexibility index (Phi) is 2.90. The number of hydrogen-bond acceptors (Lipinski definition) is 2. The van der Waals surface area contributed by atoms with Crippen LogP contribution in [0.5, 0.6) is 0 Å². The highest BCUT2D eigenvalue weighted by Crippen LogP contribution is 2.04. The second kappa shape index (κ2) is 4.35. The molecule has 2 heterocycles. The Morgan fingerprint density at radius 1 is 1.50 bits per heavy atom. The van der Waals surface area contributed by atoms with Crippen molar-refractivity contribution in [2.75, 3.05) is 0 Å². The van der Waals surface area contributed by atoms with Crippen LogP contribution in [0.3, 0.4) is 0 Å². The average Bonchev–Trinajstić information content (AvgIpc) is 2.68. The smallest absolute Gasteiger partial charge is 0.222 e. The van der Waals surface area contributed by atoms with E-state index >= 15 is 0 Å².